The highest BCUT2D eigenvalue weighted by molar-refractivity contribution is 5.98. The Labute approximate surface area is 115 Å². The quantitative estimate of drug-likeness (QED) is 0.867. The molecule has 0 radical (unpaired) electrons. The van der Waals surface area contributed by atoms with Gasteiger partial charge in [-0.15, -0.1) is 0 Å². The van der Waals surface area contributed by atoms with Crippen molar-refractivity contribution in [3.05, 3.63) is 29.3 Å². The van der Waals surface area contributed by atoms with E-state index in [1.165, 1.54) is 6.42 Å². The third kappa shape index (κ3) is 3.07. The summed E-state index contributed by atoms with van der Waals surface area (Å²) in [4.78, 5) is 13.9. The second kappa shape index (κ2) is 6.06. The van der Waals surface area contributed by atoms with Crippen LogP contribution in [0.5, 0.6) is 0 Å². The Kier molecular flexibility index (Phi) is 4.43. The minimum atomic E-state index is -0.350. The lowest BCUT2D eigenvalue weighted by Gasteiger charge is -2.36. The molecule has 1 amide bonds. The number of hydrogen-bond donors (Lipinski definition) is 2. The van der Waals surface area contributed by atoms with E-state index >= 15 is 0 Å². The molecule has 1 aromatic carbocycles. The first-order valence-electron chi connectivity index (χ1n) is 7.01. The zero-order valence-electron chi connectivity index (χ0n) is 11.8. The Bertz CT molecular complexity index is 453. The number of benzene rings is 1. The van der Waals surface area contributed by atoms with Gasteiger partial charge in [0.1, 0.15) is 0 Å². The Morgan fingerprint density at radius 1 is 1.53 bits per heavy atom. The number of aryl methyl sites for hydroxylation is 1. The Balaban J connectivity index is 2.35. The molecule has 0 saturated carbocycles. The van der Waals surface area contributed by atoms with Crippen molar-refractivity contribution in [3.8, 4) is 0 Å². The Morgan fingerprint density at radius 2 is 2.32 bits per heavy atom. The molecule has 1 unspecified atom stereocenters. The molecule has 1 aliphatic heterocycles. The number of primary amides is 1. The van der Waals surface area contributed by atoms with Gasteiger partial charge in [0.15, 0.2) is 0 Å². The molecule has 0 aliphatic carbocycles. The fourth-order valence-electron chi connectivity index (χ4n) is 2.81. The number of carbonyl (C=O) groups is 1. The molecule has 3 N–H and O–H groups in total. The minimum absolute atomic E-state index is 0.350. The summed E-state index contributed by atoms with van der Waals surface area (Å²) in [6.07, 6.45) is 2.34. The molecule has 0 spiro atoms. The molecule has 1 aliphatic rings. The van der Waals surface area contributed by atoms with Crippen molar-refractivity contribution in [2.45, 2.75) is 32.7 Å². The van der Waals surface area contributed by atoms with Crippen molar-refractivity contribution < 1.29 is 4.79 Å². The predicted octanol–water partition coefficient (Wildman–Crippen LogP) is 1.67. The smallest absolute Gasteiger partial charge is 0.250 e. The molecule has 2 rings (SSSR count). The number of nitrogens with two attached hydrogens (primary N) is 1. The van der Waals surface area contributed by atoms with Crippen LogP contribution < -0.4 is 16.0 Å². The topological polar surface area (TPSA) is 58.4 Å². The average Bonchev–Trinajstić information content (AvgIpc) is 2.40. The third-order valence-electron chi connectivity index (χ3n) is 3.78. The molecular formula is C15H23N3O. The predicted molar refractivity (Wildman–Crippen MR) is 78.6 cm³/mol. The van der Waals surface area contributed by atoms with Crippen LogP contribution in [0.3, 0.4) is 0 Å². The van der Waals surface area contributed by atoms with Crippen molar-refractivity contribution >= 4 is 11.6 Å². The van der Waals surface area contributed by atoms with Crippen LogP contribution in [-0.4, -0.2) is 31.6 Å². The maximum atomic E-state index is 11.6. The summed E-state index contributed by atoms with van der Waals surface area (Å²) in [5, 5.41) is 3.42. The van der Waals surface area contributed by atoms with E-state index in [2.05, 4.69) is 23.2 Å². The number of piperidine rings is 1. The van der Waals surface area contributed by atoms with Gasteiger partial charge in [0.25, 0.3) is 5.91 Å². The first-order valence-corrected chi connectivity index (χ1v) is 7.01. The molecule has 19 heavy (non-hydrogen) atoms. The van der Waals surface area contributed by atoms with Gasteiger partial charge in [0, 0.05) is 19.1 Å². The van der Waals surface area contributed by atoms with Gasteiger partial charge in [-0.3, -0.25) is 4.79 Å². The molecule has 0 bridgehead atoms. The summed E-state index contributed by atoms with van der Waals surface area (Å²) in [6.45, 7) is 7.11. The first kappa shape index (κ1) is 13.9. The first-order chi connectivity index (χ1) is 9.13. The number of amides is 1. The van der Waals surface area contributed by atoms with Crippen LogP contribution in [0.2, 0.25) is 0 Å². The molecule has 1 heterocycles. The normalized spacial score (nSPS) is 19.2. The minimum Gasteiger partial charge on any atom is -0.367 e. The highest BCUT2D eigenvalue weighted by atomic mass is 16.1. The highest BCUT2D eigenvalue weighted by Crippen LogP contribution is 2.26. The number of nitrogens with one attached hydrogen (secondary N) is 1. The van der Waals surface area contributed by atoms with Crippen LogP contribution in [0.15, 0.2) is 18.2 Å². The van der Waals surface area contributed by atoms with E-state index in [1.54, 1.807) is 0 Å². The summed E-state index contributed by atoms with van der Waals surface area (Å²) in [7, 11) is 0. The largest absolute Gasteiger partial charge is 0.367 e. The van der Waals surface area contributed by atoms with Crippen LogP contribution in [0, 0.1) is 6.92 Å². The number of hydrogen-bond acceptors (Lipinski definition) is 3. The third-order valence-corrected chi connectivity index (χ3v) is 3.78. The number of rotatable bonds is 4. The molecule has 0 aromatic heterocycles. The lowest BCUT2D eigenvalue weighted by Crippen LogP contribution is -2.46. The average molecular weight is 261 g/mol. The van der Waals surface area contributed by atoms with Crippen LogP contribution in [0.1, 0.15) is 35.7 Å². The van der Waals surface area contributed by atoms with E-state index in [9.17, 15) is 4.79 Å². The van der Waals surface area contributed by atoms with Gasteiger partial charge in [0.2, 0.25) is 0 Å². The summed E-state index contributed by atoms with van der Waals surface area (Å²) in [5.74, 6) is -0.350. The van der Waals surface area contributed by atoms with Crippen molar-refractivity contribution in [2.75, 3.05) is 24.5 Å². The molecule has 1 atom stereocenters. The maximum absolute atomic E-state index is 11.6. The van der Waals surface area contributed by atoms with Gasteiger partial charge in [-0.2, -0.15) is 0 Å². The number of nitrogens with zero attached hydrogens (tertiary/aromatic N) is 1. The highest BCUT2D eigenvalue weighted by Gasteiger charge is 2.23. The monoisotopic (exact) mass is 261 g/mol. The summed E-state index contributed by atoms with van der Waals surface area (Å²) in [6, 6.07) is 6.29. The van der Waals surface area contributed by atoms with Gasteiger partial charge in [-0.05, 0) is 50.9 Å². The van der Waals surface area contributed by atoms with E-state index in [0.717, 1.165) is 37.3 Å². The molecule has 1 fully saturated rings. The van der Waals surface area contributed by atoms with Gasteiger partial charge in [0.05, 0.1) is 11.3 Å². The Morgan fingerprint density at radius 3 is 2.89 bits per heavy atom. The molecule has 4 nitrogen and oxygen atoms in total. The standard InChI is InChI=1S/C15H23N3O/c1-3-18(12-5-4-8-17-10-12)14-9-11(2)6-7-13(14)15(16)19/h6-7,9,12,17H,3-5,8,10H2,1-2H3,(H2,16,19). The summed E-state index contributed by atoms with van der Waals surface area (Å²) < 4.78 is 0. The van der Waals surface area contributed by atoms with Crippen LogP contribution in [0.25, 0.3) is 0 Å². The maximum Gasteiger partial charge on any atom is 0.250 e. The van der Waals surface area contributed by atoms with Crippen molar-refractivity contribution in [1.29, 1.82) is 0 Å². The Hall–Kier alpha value is -1.55. The number of anilines is 1. The van der Waals surface area contributed by atoms with Crippen LogP contribution >= 0.6 is 0 Å². The second-order valence-electron chi connectivity index (χ2n) is 5.17. The van der Waals surface area contributed by atoms with Gasteiger partial charge >= 0.3 is 0 Å². The van der Waals surface area contributed by atoms with Crippen LogP contribution in [-0.2, 0) is 0 Å². The number of carbonyl (C=O) groups excluding carboxylic acids is 1. The fourth-order valence-corrected chi connectivity index (χ4v) is 2.81. The van der Waals surface area contributed by atoms with Crippen molar-refractivity contribution in [1.82, 2.24) is 5.32 Å². The van der Waals surface area contributed by atoms with Crippen LogP contribution in [0.4, 0.5) is 5.69 Å². The zero-order chi connectivity index (χ0) is 13.8. The fraction of sp³-hybridized carbons (Fsp3) is 0.533. The molecule has 1 saturated heterocycles. The van der Waals surface area contributed by atoms with E-state index in [4.69, 9.17) is 5.73 Å². The molecular weight excluding hydrogens is 238 g/mol. The molecule has 4 heteroatoms. The van der Waals surface area contributed by atoms with E-state index in [1.807, 2.05) is 19.1 Å². The van der Waals surface area contributed by atoms with E-state index in [0.29, 0.717) is 11.6 Å². The van der Waals surface area contributed by atoms with Gasteiger partial charge in [-0.25, -0.2) is 0 Å². The van der Waals surface area contributed by atoms with Crippen molar-refractivity contribution in [3.63, 3.8) is 0 Å². The van der Waals surface area contributed by atoms with Gasteiger partial charge in [-0.1, -0.05) is 6.07 Å². The molecule has 1 aromatic rings. The summed E-state index contributed by atoms with van der Waals surface area (Å²) in [5.41, 5.74) is 8.26. The van der Waals surface area contributed by atoms with E-state index in [-0.39, 0.29) is 5.91 Å². The number of likely N-dealkylation sites (N-methyl/N-ethyl adjacent to an activating group) is 1. The van der Waals surface area contributed by atoms with E-state index < -0.39 is 0 Å². The zero-order valence-corrected chi connectivity index (χ0v) is 11.8. The van der Waals surface area contributed by atoms with Gasteiger partial charge < -0.3 is 16.0 Å². The second-order valence-corrected chi connectivity index (χ2v) is 5.17. The van der Waals surface area contributed by atoms with Crippen molar-refractivity contribution in [2.24, 2.45) is 5.73 Å². The SMILES string of the molecule is CCN(c1cc(C)ccc1C(N)=O)C1CCCNC1. The summed E-state index contributed by atoms with van der Waals surface area (Å²) >= 11 is 0. The lowest BCUT2D eigenvalue weighted by molar-refractivity contribution is 0.100. The lowest BCUT2D eigenvalue weighted by atomic mass is 10.0. The molecule has 104 valence electrons.